The van der Waals surface area contributed by atoms with Gasteiger partial charge in [0.1, 0.15) is 0 Å². The lowest BCUT2D eigenvalue weighted by atomic mass is 9.79. The van der Waals surface area contributed by atoms with E-state index < -0.39 is 0 Å². The number of para-hydroxylation sites is 4. The molecule has 2 aliphatic rings. The molecule has 2 aliphatic carbocycles. The highest BCUT2D eigenvalue weighted by Gasteiger charge is 2.41. The van der Waals surface area contributed by atoms with Gasteiger partial charge in [-0.2, -0.15) is 0 Å². The Balaban J connectivity index is 0.843. The first kappa shape index (κ1) is 47.9. The summed E-state index contributed by atoms with van der Waals surface area (Å²) in [6.45, 7) is 9.72. The second kappa shape index (κ2) is 18.3. The summed E-state index contributed by atoms with van der Waals surface area (Å²) in [5.74, 6) is 0. The molecule has 14 aromatic carbocycles. The molecule has 0 N–H and O–H groups in total. The van der Waals surface area contributed by atoms with Crippen molar-refractivity contribution in [1.29, 1.82) is 0 Å². The molecule has 0 amide bonds. The Bertz CT molecular complexity index is 4400. The van der Waals surface area contributed by atoms with Gasteiger partial charge in [0, 0.05) is 55.1 Å². The molecule has 0 heterocycles. The van der Waals surface area contributed by atoms with Crippen LogP contribution in [0.15, 0.2) is 279 Å². The maximum absolute atomic E-state index is 2.52. The van der Waals surface area contributed by atoms with Gasteiger partial charge in [-0.05, 0) is 160 Å². The zero-order valence-corrected chi connectivity index (χ0v) is 46.5. The van der Waals surface area contributed by atoms with Crippen molar-refractivity contribution in [3.05, 3.63) is 301 Å². The lowest BCUT2D eigenvalue weighted by Crippen LogP contribution is -2.15. The molecule has 0 unspecified atom stereocenters. The molecule has 0 saturated heterocycles. The molecule has 388 valence electrons. The molecule has 0 aromatic heterocycles. The van der Waals surface area contributed by atoms with Gasteiger partial charge in [0.05, 0.1) is 11.4 Å². The van der Waals surface area contributed by atoms with E-state index >= 15 is 0 Å². The maximum Gasteiger partial charge on any atom is 0.0618 e. The van der Waals surface area contributed by atoms with Crippen LogP contribution in [0.1, 0.15) is 49.9 Å². The van der Waals surface area contributed by atoms with Crippen LogP contribution in [0.2, 0.25) is 0 Å². The van der Waals surface area contributed by atoms with Crippen LogP contribution in [-0.4, -0.2) is 0 Å². The molecule has 0 radical (unpaired) electrons. The van der Waals surface area contributed by atoms with Crippen molar-refractivity contribution in [1.82, 2.24) is 0 Å². The minimum absolute atomic E-state index is 0.233. The normalized spacial score (nSPS) is 13.6. The van der Waals surface area contributed by atoms with Crippen molar-refractivity contribution in [2.24, 2.45) is 0 Å². The van der Waals surface area contributed by atoms with Gasteiger partial charge in [0.2, 0.25) is 0 Å². The van der Waals surface area contributed by atoms with E-state index in [4.69, 9.17) is 0 Å². The van der Waals surface area contributed by atoms with E-state index in [2.05, 4.69) is 317 Å². The molecule has 0 aliphatic heterocycles. The Morgan fingerprint density at radius 1 is 0.220 bits per heavy atom. The van der Waals surface area contributed by atoms with Crippen molar-refractivity contribution in [2.45, 2.75) is 38.5 Å². The topological polar surface area (TPSA) is 6.48 Å². The zero-order chi connectivity index (χ0) is 54.8. The highest BCUT2D eigenvalue weighted by molar-refractivity contribution is 6.24. The van der Waals surface area contributed by atoms with E-state index in [-0.39, 0.29) is 10.8 Å². The van der Waals surface area contributed by atoms with E-state index in [1.54, 1.807) is 0 Å². The van der Waals surface area contributed by atoms with Crippen molar-refractivity contribution < 1.29 is 0 Å². The quantitative estimate of drug-likeness (QED) is 0.140. The Hall–Kier alpha value is -10.0. The van der Waals surface area contributed by atoms with Crippen LogP contribution in [0.5, 0.6) is 0 Å². The predicted molar refractivity (Wildman–Crippen MR) is 349 cm³/mol. The van der Waals surface area contributed by atoms with Crippen molar-refractivity contribution in [3.63, 3.8) is 0 Å². The summed E-state index contributed by atoms with van der Waals surface area (Å²) in [4.78, 5) is 4.87. The molecule has 14 aromatic rings. The van der Waals surface area contributed by atoms with Crippen molar-refractivity contribution >= 4 is 88.0 Å². The lowest BCUT2D eigenvalue weighted by Gasteiger charge is -2.29. The monoisotopic (exact) mass is 1050 g/mol. The molecule has 0 fully saturated rings. The number of benzene rings is 14. The molecule has 16 rings (SSSR count). The standard InChI is InChI=1S/C80H58N2/c1-79(2)69-47-45-62-61(75(69)67-43-41-51(49-71(67)79)73-57-33-17-21-37-63(57)77(64-38-22-18-34-58(64)73)81(53-25-9-5-10-26-53)54-27-11-6-12-28-54)46-48-70-76(62)68-44-42-52(50-72(68)80(70,3)4)74-59-35-19-23-39-65(59)78(66-40-24-20-36-60(66)74)82(55-29-13-7-14-30-55)56-31-15-8-16-32-56/h5-50H,1-4H3. The first-order chi connectivity index (χ1) is 40.3. The van der Waals surface area contributed by atoms with Crippen LogP contribution >= 0.6 is 0 Å². The van der Waals surface area contributed by atoms with Crippen LogP contribution in [-0.2, 0) is 10.8 Å². The van der Waals surface area contributed by atoms with E-state index in [1.165, 1.54) is 132 Å². The van der Waals surface area contributed by atoms with Gasteiger partial charge < -0.3 is 9.80 Å². The Kier molecular flexibility index (Phi) is 10.7. The molecule has 0 atom stereocenters. The second-order valence-corrected chi connectivity index (χ2v) is 23.5. The fourth-order valence-electron chi connectivity index (χ4n) is 14.6. The van der Waals surface area contributed by atoms with Crippen LogP contribution in [0.25, 0.3) is 98.4 Å². The number of nitrogens with zero attached hydrogens (tertiary/aromatic N) is 2. The molecule has 0 bridgehead atoms. The number of anilines is 6. The molecule has 0 saturated carbocycles. The number of rotatable bonds is 8. The van der Waals surface area contributed by atoms with Gasteiger partial charge in [-0.3, -0.25) is 0 Å². The van der Waals surface area contributed by atoms with Crippen LogP contribution in [0.3, 0.4) is 0 Å². The predicted octanol–water partition coefficient (Wildman–Crippen LogP) is 22.3. The third-order valence-electron chi connectivity index (χ3n) is 18.4. The summed E-state index contributed by atoms with van der Waals surface area (Å²) in [6.07, 6.45) is 0. The average Bonchev–Trinajstić information content (AvgIpc) is 3.46. The smallest absolute Gasteiger partial charge is 0.0618 e. The van der Waals surface area contributed by atoms with Crippen LogP contribution < -0.4 is 9.80 Å². The fourth-order valence-corrected chi connectivity index (χ4v) is 14.6. The minimum atomic E-state index is -0.233. The molecule has 0 spiro atoms. The summed E-state index contributed by atoms with van der Waals surface area (Å²) in [6, 6.07) is 104. The lowest BCUT2D eigenvalue weighted by molar-refractivity contribution is 0.660. The summed E-state index contributed by atoms with van der Waals surface area (Å²) in [5.41, 5.74) is 22.3. The third kappa shape index (κ3) is 7.01. The largest absolute Gasteiger partial charge is 0.309 e. The minimum Gasteiger partial charge on any atom is -0.309 e. The Labute approximate surface area is 479 Å². The third-order valence-corrected chi connectivity index (χ3v) is 18.4. The summed E-state index contributed by atoms with van der Waals surface area (Å²) in [5, 5.41) is 12.5. The SMILES string of the molecule is CC1(C)c2cc(-c3c4ccccc4c(N(c4ccccc4)c4ccccc4)c4ccccc34)ccc2-c2c1ccc1c3c(ccc21)C(C)(C)c1cc(-c2c4ccccc4c(N(c4ccccc4)c4ccccc4)c4ccccc24)ccc1-3. The first-order valence-electron chi connectivity index (χ1n) is 28.8. The first-order valence-corrected chi connectivity index (χ1v) is 28.8. The van der Waals surface area contributed by atoms with E-state index in [0.717, 1.165) is 22.7 Å². The molecule has 2 nitrogen and oxygen atoms in total. The van der Waals surface area contributed by atoms with Crippen molar-refractivity contribution in [3.8, 4) is 44.5 Å². The van der Waals surface area contributed by atoms with Gasteiger partial charge in [-0.15, -0.1) is 0 Å². The second-order valence-electron chi connectivity index (χ2n) is 23.5. The average molecular weight is 1050 g/mol. The fraction of sp³-hybridized carbons (Fsp3) is 0.0750. The molecule has 2 heteroatoms. The van der Waals surface area contributed by atoms with Gasteiger partial charge >= 0.3 is 0 Å². The van der Waals surface area contributed by atoms with Crippen LogP contribution in [0, 0.1) is 0 Å². The van der Waals surface area contributed by atoms with Crippen LogP contribution in [0.4, 0.5) is 34.1 Å². The van der Waals surface area contributed by atoms with Gasteiger partial charge in [-0.1, -0.05) is 246 Å². The molecular weight excluding hydrogens is 989 g/mol. The molecule has 82 heavy (non-hydrogen) atoms. The zero-order valence-electron chi connectivity index (χ0n) is 46.5. The Morgan fingerprint density at radius 2 is 0.476 bits per heavy atom. The van der Waals surface area contributed by atoms with E-state index in [9.17, 15) is 0 Å². The van der Waals surface area contributed by atoms with Gasteiger partial charge in [0.15, 0.2) is 0 Å². The van der Waals surface area contributed by atoms with Gasteiger partial charge in [-0.25, -0.2) is 0 Å². The number of hydrogen-bond donors (Lipinski definition) is 0. The van der Waals surface area contributed by atoms with Crippen molar-refractivity contribution in [2.75, 3.05) is 9.80 Å². The molecular formula is C80H58N2. The number of hydrogen-bond acceptors (Lipinski definition) is 2. The highest BCUT2D eigenvalue weighted by atomic mass is 15.2. The van der Waals surface area contributed by atoms with E-state index in [0.29, 0.717) is 0 Å². The summed E-state index contributed by atoms with van der Waals surface area (Å²) >= 11 is 0. The Morgan fingerprint density at radius 3 is 0.768 bits per heavy atom. The maximum atomic E-state index is 2.52. The number of fused-ring (bicyclic) bond motifs is 13. The summed E-state index contributed by atoms with van der Waals surface area (Å²) < 4.78 is 0. The van der Waals surface area contributed by atoms with E-state index in [1.807, 2.05) is 0 Å². The van der Waals surface area contributed by atoms with Gasteiger partial charge in [0.25, 0.3) is 0 Å². The summed E-state index contributed by atoms with van der Waals surface area (Å²) in [7, 11) is 0. The highest BCUT2D eigenvalue weighted by Crippen LogP contribution is 2.59.